The first-order valence-electron chi connectivity index (χ1n) is 10.3. The van der Waals surface area contributed by atoms with Gasteiger partial charge in [0.1, 0.15) is 11.5 Å². The number of carbonyl (C=O) groups is 1. The lowest BCUT2D eigenvalue weighted by Crippen LogP contribution is -2.24. The van der Waals surface area contributed by atoms with Crippen LogP contribution >= 0.6 is 0 Å². The van der Waals surface area contributed by atoms with Crippen molar-refractivity contribution in [3.05, 3.63) is 77.7 Å². The topological polar surface area (TPSA) is 61.3 Å². The van der Waals surface area contributed by atoms with Crippen LogP contribution in [0.15, 0.2) is 60.8 Å². The highest BCUT2D eigenvalue weighted by Crippen LogP contribution is 2.34. The van der Waals surface area contributed by atoms with Crippen LogP contribution in [0.5, 0.6) is 17.4 Å². The Morgan fingerprint density at radius 2 is 1.53 bits per heavy atom. The smallest absolute Gasteiger partial charge is 0.222 e. The minimum absolute atomic E-state index is 0.148. The molecule has 1 aliphatic carbocycles. The normalized spacial score (nSPS) is 14.1. The molecule has 4 rings (SSSR count). The van der Waals surface area contributed by atoms with Crippen LogP contribution in [0.3, 0.4) is 0 Å². The van der Waals surface area contributed by atoms with Gasteiger partial charge in [-0.1, -0.05) is 38.1 Å². The first kappa shape index (κ1) is 20.1. The molecule has 1 fully saturated rings. The number of nitrogens with zero attached hydrogens (tertiary/aromatic N) is 2. The van der Waals surface area contributed by atoms with Crippen molar-refractivity contribution in [2.75, 3.05) is 0 Å². The van der Waals surface area contributed by atoms with E-state index in [9.17, 15) is 4.79 Å². The number of hydrogen-bond acceptors (Lipinski definition) is 5. The van der Waals surface area contributed by atoms with Gasteiger partial charge in [-0.2, -0.15) is 4.98 Å². The minimum atomic E-state index is -0.193. The van der Waals surface area contributed by atoms with E-state index in [4.69, 9.17) is 9.47 Å². The molecule has 2 aromatic carbocycles. The molecule has 0 saturated heterocycles. The Bertz CT molecular complexity index is 1020. The number of rotatable bonds is 7. The highest BCUT2D eigenvalue weighted by atomic mass is 16.5. The van der Waals surface area contributed by atoms with Crippen molar-refractivity contribution in [1.29, 1.82) is 0 Å². The monoisotopic (exact) mass is 402 g/mol. The molecule has 0 aliphatic heterocycles. The van der Waals surface area contributed by atoms with Gasteiger partial charge in [0.2, 0.25) is 5.88 Å². The molecule has 0 unspecified atom stereocenters. The standard InChI is InChI=1S/C25H26N2O3/c1-17(28)24-26-16-15-23(27-24)30-22-13-9-19(10-14-22)25(2,3)18-7-11-21(12-8-18)29-20-5-4-6-20/h7-16,20H,4-6H2,1-3H3. The largest absolute Gasteiger partial charge is 0.490 e. The highest BCUT2D eigenvalue weighted by molar-refractivity contribution is 5.90. The lowest BCUT2D eigenvalue weighted by molar-refractivity contribution is 0.100. The average Bonchev–Trinajstić information content (AvgIpc) is 2.72. The predicted molar refractivity (Wildman–Crippen MR) is 115 cm³/mol. The van der Waals surface area contributed by atoms with Crippen LogP contribution in [0.25, 0.3) is 0 Å². The van der Waals surface area contributed by atoms with Gasteiger partial charge < -0.3 is 9.47 Å². The van der Waals surface area contributed by atoms with Gasteiger partial charge in [-0.15, -0.1) is 0 Å². The van der Waals surface area contributed by atoms with Gasteiger partial charge in [-0.3, -0.25) is 4.79 Å². The number of ketones is 1. The molecule has 1 saturated carbocycles. The third kappa shape index (κ3) is 4.35. The Kier molecular flexibility index (Phi) is 5.53. The van der Waals surface area contributed by atoms with Gasteiger partial charge in [0.15, 0.2) is 11.6 Å². The maximum Gasteiger partial charge on any atom is 0.222 e. The van der Waals surface area contributed by atoms with Crippen molar-refractivity contribution < 1.29 is 14.3 Å². The molecule has 1 aliphatic rings. The van der Waals surface area contributed by atoms with E-state index in [0.29, 0.717) is 17.7 Å². The molecule has 0 bridgehead atoms. The van der Waals surface area contributed by atoms with Crippen molar-refractivity contribution >= 4 is 5.78 Å². The van der Waals surface area contributed by atoms with Gasteiger partial charge in [-0.05, 0) is 54.7 Å². The second-order valence-corrected chi connectivity index (χ2v) is 8.22. The zero-order chi connectivity index (χ0) is 21.1. The molecule has 3 aromatic rings. The van der Waals surface area contributed by atoms with E-state index in [0.717, 1.165) is 18.6 Å². The average molecular weight is 402 g/mol. The van der Waals surface area contributed by atoms with E-state index in [-0.39, 0.29) is 17.0 Å². The summed E-state index contributed by atoms with van der Waals surface area (Å²) < 4.78 is 11.8. The SMILES string of the molecule is CC(=O)c1nccc(Oc2ccc(C(C)(C)c3ccc(OC4CCC4)cc3)cc2)n1. The molecule has 30 heavy (non-hydrogen) atoms. The van der Waals surface area contributed by atoms with Gasteiger partial charge in [-0.25, -0.2) is 4.98 Å². The zero-order valence-corrected chi connectivity index (χ0v) is 17.6. The molecule has 0 radical (unpaired) electrons. The molecule has 0 N–H and O–H groups in total. The fourth-order valence-corrected chi connectivity index (χ4v) is 3.43. The number of hydrogen-bond donors (Lipinski definition) is 0. The maximum atomic E-state index is 11.4. The lowest BCUT2D eigenvalue weighted by atomic mass is 9.78. The molecule has 1 heterocycles. The first-order chi connectivity index (χ1) is 14.4. The van der Waals surface area contributed by atoms with E-state index in [1.165, 1.54) is 30.7 Å². The molecule has 5 nitrogen and oxygen atoms in total. The molecule has 154 valence electrons. The van der Waals surface area contributed by atoms with Crippen molar-refractivity contribution in [3.8, 4) is 17.4 Å². The summed E-state index contributed by atoms with van der Waals surface area (Å²) in [6.45, 7) is 5.84. The zero-order valence-electron chi connectivity index (χ0n) is 17.6. The van der Waals surface area contributed by atoms with Crippen LogP contribution in [-0.2, 0) is 5.41 Å². The summed E-state index contributed by atoms with van der Waals surface area (Å²) in [5.41, 5.74) is 2.23. The summed E-state index contributed by atoms with van der Waals surface area (Å²) in [6, 6.07) is 18.0. The van der Waals surface area contributed by atoms with Gasteiger partial charge in [0.05, 0.1) is 6.10 Å². The lowest BCUT2D eigenvalue weighted by Gasteiger charge is -2.28. The van der Waals surface area contributed by atoms with Crippen LogP contribution < -0.4 is 9.47 Å². The first-order valence-corrected chi connectivity index (χ1v) is 10.3. The number of ether oxygens (including phenoxy) is 2. The summed E-state index contributed by atoms with van der Waals surface area (Å²) in [7, 11) is 0. The van der Waals surface area contributed by atoms with Crippen molar-refractivity contribution in [3.63, 3.8) is 0 Å². The third-order valence-corrected chi connectivity index (χ3v) is 5.67. The Labute approximate surface area is 177 Å². The Hall–Kier alpha value is -3.21. The fraction of sp³-hybridized carbons (Fsp3) is 0.320. The fourth-order valence-electron chi connectivity index (χ4n) is 3.43. The molecule has 0 atom stereocenters. The van der Waals surface area contributed by atoms with Crippen LogP contribution in [-0.4, -0.2) is 21.9 Å². The highest BCUT2D eigenvalue weighted by Gasteiger charge is 2.24. The van der Waals surface area contributed by atoms with Crippen molar-refractivity contribution in [2.24, 2.45) is 0 Å². The third-order valence-electron chi connectivity index (χ3n) is 5.67. The number of aromatic nitrogens is 2. The van der Waals surface area contributed by atoms with Crippen LogP contribution in [0.1, 0.15) is 61.8 Å². The molecule has 5 heteroatoms. The Morgan fingerprint density at radius 1 is 0.933 bits per heavy atom. The van der Waals surface area contributed by atoms with Gasteiger partial charge in [0, 0.05) is 24.6 Å². The van der Waals surface area contributed by atoms with E-state index in [1.54, 1.807) is 6.07 Å². The summed E-state index contributed by atoms with van der Waals surface area (Å²) in [6.07, 6.45) is 5.50. The maximum absolute atomic E-state index is 11.4. The quantitative estimate of drug-likeness (QED) is 0.472. The molecular formula is C25H26N2O3. The van der Waals surface area contributed by atoms with Crippen LogP contribution in [0.2, 0.25) is 0 Å². The van der Waals surface area contributed by atoms with E-state index < -0.39 is 0 Å². The van der Waals surface area contributed by atoms with Crippen molar-refractivity contribution in [2.45, 2.75) is 51.6 Å². The number of Topliss-reactive ketones (excluding diaryl/α,β-unsaturated/α-hetero) is 1. The number of carbonyl (C=O) groups excluding carboxylic acids is 1. The predicted octanol–water partition coefficient (Wildman–Crippen LogP) is 5.73. The van der Waals surface area contributed by atoms with E-state index in [2.05, 4.69) is 60.2 Å². The molecular weight excluding hydrogens is 376 g/mol. The summed E-state index contributed by atoms with van der Waals surface area (Å²) in [5.74, 6) is 1.91. The summed E-state index contributed by atoms with van der Waals surface area (Å²) >= 11 is 0. The second-order valence-electron chi connectivity index (χ2n) is 8.22. The summed E-state index contributed by atoms with van der Waals surface area (Å²) in [5, 5.41) is 0. The van der Waals surface area contributed by atoms with E-state index >= 15 is 0 Å². The van der Waals surface area contributed by atoms with Gasteiger partial charge in [0.25, 0.3) is 0 Å². The van der Waals surface area contributed by atoms with Crippen LogP contribution in [0, 0.1) is 0 Å². The van der Waals surface area contributed by atoms with Gasteiger partial charge >= 0.3 is 0 Å². The Balaban J connectivity index is 1.46. The minimum Gasteiger partial charge on any atom is -0.490 e. The second kappa shape index (κ2) is 8.27. The summed E-state index contributed by atoms with van der Waals surface area (Å²) in [4.78, 5) is 19.5. The van der Waals surface area contributed by atoms with E-state index in [1.807, 2.05) is 12.1 Å². The molecule has 1 aromatic heterocycles. The number of benzene rings is 2. The molecule has 0 spiro atoms. The van der Waals surface area contributed by atoms with Crippen molar-refractivity contribution in [1.82, 2.24) is 9.97 Å². The van der Waals surface area contributed by atoms with Crippen LogP contribution in [0.4, 0.5) is 0 Å². The Morgan fingerprint density at radius 3 is 2.07 bits per heavy atom. The molecule has 0 amide bonds.